The zero-order chi connectivity index (χ0) is 22.7. The van der Waals surface area contributed by atoms with Crippen LogP contribution in [-0.4, -0.2) is 0 Å². The molecule has 0 N–H and O–H groups in total. The van der Waals surface area contributed by atoms with Gasteiger partial charge in [0, 0.05) is 6.07 Å². The number of rotatable bonds is 6. The lowest BCUT2D eigenvalue weighted by molar-refractivity contribution is 0.102. The summed E-state index contributed by atoms with van der Waals surface area (Å²) in [6, 6.07) is 28.4. The molecule has 0 heterocycles. The molecule has 0 aliphatic rings. The first-order valence-electron chi connectivity index (χ1n) is 10.1. The number of ether oxygens (including phenoxy) is 1. The molecule has 0 aliphatic heterocycles. The highest BCUT2D eigenvalue weighted by atomic mass is 32.2. The zero-order valence-electron chi connectivity index (χ0n) is 17.7. The third kappa shape index (κ3) is 4.68. The van der Waals surface area contributed by atoms with E-state index >= 15 is 4.39 Å². The van der Waals surface area contributed by atoms with Crippen molar-refractivity contribution in [1.82, 2.24) is 0 Å². The molecule has 0 aromatic heterocycles. The summed E-state index contributed by atoms with van der Waals surface area (Å²) in [5.41, 5.74) is -0.648. The molecule has 5 heteroatoms. The highest BCUT2D eigenvalue weighted by Gasteiger charge is 2.31. The van der Waals surface area contributed by atoms with Crippen molar-refractivity contribution in [3.05, 3.63) is 120 Å². The molecule has 0 saturated heterocycles. The monoisotopic (exact) mass is 451 g/mol. The Bertz CT molecular complexity index is 1170. The van der Waals surface area contributed by atoms with Crippen LogP contribution in [-0.2, 0) is 16.5 Å². The molecule has 0 amide bonds. The van der Waals surface area contributed by atoms with Crippen molar-refractivity contribution in [3.63, 3.8) is 0 Å². The molecular weight excluding hydrogens is 429 g/mol. The standard InChI is InChI=1S/C27H22F3OS/c1-27(2,19-13-15-23(28)24(29)17-19)31-26-16-14-22(18-25(26)30)32(20-9-5-3-6-10-20)21-11-7-4-8-12-21/h3-18H,1-2H3/q+1. The normalized spacial score (nSPS) is 11.6. The summed E-state index contributed by atoms with van der Waals surface area (Å²) >= 11 is 0. The summed E-state index contributed by atoms with van der Waals surface area (Å²) in [5, 5.41) is 0. The van der Waals surface area contributed by atoms with E-state index in [2.05, 4.69) is 0 Å². The third-order valence-corrected chi connectivity index (χ3v) is 7.29. The lowest BCUT2D eigenvalue weighted by atomic mass is 9.97. The molecule has 162 valence electrons. The molecule has 4 aromatic carbocycles. The lowest BCUT2D eigenvalue weighted by Crippen LogP contribution is -2.26. The minimum absolute atomic E-state index is 0.0492. The molecule has 32 heavy (non-hydrogen) atoms. The second-order valence-corrected chi connectivity index (χ2v) is 9.79. The van der Waals surface area contributed by atoms with Crippen molar-refractivity contribution < 1.29 is 17.9 Å². The maximum atomic E-state index is 15.2. The third-order valence-electron chi connectivity index (χ3n) is 5.08. The summed E-state index contributed by atoms with van der Waals surface area (Å²) in [5.74, 6) is -2.37. The molecular formula is C27H22F3OS+. The van der Waals surface area contributed by atoms with Crippen LogP contribution in [0.4, 0.5) is 13.2 Å². The quantitative estimate of drug-likeness (QED) is 0.276. The predicted octanol–water partition coefficient (Wildman–Crippen LogP) is 7.51. The van der Waals surface area contributed by atoms with Gasteiger partial charge in [-0.25, -0.2) is 13.2 Å². The van der Waals surface area contributed by atoms with Crippen molar-refractivity contribution >= 4 is 10.9 Å². The average molecular weight is 452 g/mol. The Labute approximate surface area is 188 Å². The molecule has 0 fully saturated rings. The van der Waals surface area contributed by atoms with Gasteiger partial charge in [0.1, 0.15) is 5.60 Å². The highest BCUT2D eigenvalue weighted by molar-refractivity contribution is 7.97. The molecule has 1 nitrogen and oxygen atoms in total. The second kappa shape index (κ2) is 9.13. The topological polar surface area (TPSA) is 9.23 Å². The molecule has 0 radical (unpaired) electrons. The van der Waals surface area contributed by atoms with Crippen LogP contribution in [0, 0.1) is 17.5 Å². The van der Waals surface area contributed by atoms with Gasteiger partial charge in [0.2, 0.25) is 0 Å². The smallest absolute Gasteiger partial charge is 0.170 e. The minimum atomic E-state index is -1.06. The Morgan fingerprint density at radius 1 is 0.594 bits per heavy atom. The van der Waals surface area contributed by atoms with Gasteiger partial charge in [-0.15, -0.1) is 0 Å². The van der Waals surface area contributed by atoms with E-state index in [-0.39, 0.29) is 5.75 Å². The van der Waals surface area contributed by atoms with E-state index in [1.807, 2.05) is 66.7 Å². The van der Waals surface area contributed by atoms with Crippen molar-refractivity contribution in [3.8, 4) is 5.75 Å². The molecule has 0 aliphatic carbocycles. The van der Waals surface area contributed by atoms with Crippen LogP contribution in [0.2, 0.25) is 0 Å². The van der Waals surface area contributed by atoms with Gasteiger partial charge in [-0.3, -0.25) is 0 Å². The molecule has 4 aromatic rings. The SMILES string of the molecule is CC(C)(Oc1ccc([S+](c2ccccc2)c2ccccc2)cc1F)c1ccc(F)c(F)c1. The fraction of sp³-hybridized carbons (Fsp3) is 0.111. The molecule has 0 saturated carbocycles. The summed E-state index contributed by atoms with van der Waals surface area (Å²) < 4.78 is 48.1. The van der Waals surface area contributed by atoms with E-state index in [1.54, 1.807) is 19.9 Å². The number of benzene rings is 4. The Hall–Kier alpha value is -3.18. The van der Waals surface area contributed by atoms with Gasteiger partial charge >= 0.3 is 0 Å². The Kier molecular flexibility index (Phi) is 6.28. The maximum Gasteiger partial charge on any atom is 0.170 e. The van der Waals surface area contributed by atoms with Crippen LogP contribution in [0.3, 0.4) is 0 Å². The predicted molar refractivity (Wildman–Crippen MR) is 121 cm³/mol. The van der Waals surface area contributed by atoms with Gasteiger partial charge in [0.15, 0.2) is 37.9 Å². The van der Waals surface area contributed by atoms with Gasteiger partial charge in [0.05, 0.1) is 10.9 Å². The van der Waals surface area contributed by atoms with E-state index in [1.165, 1.54) is 12.1 Å². The van der Waals surface area contributed by atoms with Crippen LogP contribution in [0.15, 0.2) is 112 Å². The van der Waals surface area contributed by atoms with Gasteiger partial charge in [0.25, 0.3) is 0 Å². The van der Waals surface area contributed by atoms with Gasteiger partial charge in [-0.05, 0) is 67.9 Å². The fourth-order valence-corrected chi connectivity index (χ4v) is 5.52. The largest absolute Gasteiger partial charge is 0.480 e. The first-order chi connectivity index (χ1) is 15.3. The summed E-state index contributed by atoms with van der Waals surface area (Å²) in [6.07, 6.45) is 0. The highest BCUT2D eigenvalue weighted by Crippen LogP contribution is 2.35. The van der Waals surface area contributed by atoms with E-state index in [0.717, 1.165) is 26.8 Å². The van der Waals surface area contributed by atoms with Crippen LogP contribution in [0.1, 0.15) is 19.4 Å². The summed E-state index contributed by atoms with van der Waals surface area (Å²) in [6.45, 7) is 3.37. The molecule has 4 rings (SSSR count). The van der Waals surface area contributed by atoms with E-state index in [4.69, 9.17) is 4.74 Å². The van der Waals surface area contributed by atoms with Crippen LogP contribution in [0.5, 0.6) is 5.75 Å². The van der Waals surface area contributed by atoms with E-state index < -0.39 is 33.9 Å². The molecule has 0 spiro atoms. The number of hydrogen-bond donors (Lipinski definition) is 0. The van der Waals surface area contributed by atoms with Crippen LogP contribution in [0.25, 0.3) is 0 Å². The van der Waals surface area contributed by atoms with E-state index in [0.29, 0.717) is 5.56 Å². The first-order valence-corrected chi connectivity index (χ1v) is 11.4. The zero-order valence-corrected chi connectivity index (χ0v) is 18.5. The van der Waals surface area contributed by atoms with Gasteiger partial charge in [-0.1, -0.05) is 42.5 Å². The molecule has 0 atom stereocenters. The second-order valence-electron chi connectivity index (χ2n) is 7.77. The van der Waals surface area contributed by atoms with Crippen molar-refractivity contribution in [1.29, 1.82) is 0 Å². The Balaban J connectivity index is 1.68. The van der Waals surface area contributed by atoms with Crippen molar-refractivity contribution in [2.75, 3.05) is 0 Å². The van der Waals surface area contributed by atoms with E-state index in [9.17, 15) is 8.78 Å². The van der Waals surface area contributed by atoms with Crippen LogP contribution < -0.4 is 4.74 Å². The Morgan fingerprint density at radius 3 is 1.72 bits per heavy atom. The number of hydrogen-bond acceptors (Lipinski definition) is 1. The Morgan fingerprint density at radius 2 is 1.19 bits per heavy atom. The number of halogens is 3. The van der Waals surface area contributed by atoms with Gasteiger partial charge < -0.3 is 4.74 Å². The average Bonchev–Trinajstić information content (AvgIpc) is 2.79. The maximum absolute atomic E-state index is 15.2. The summed E-state index contributed by atoms with van der Waals surface area (Å²) in [7, 11) is -0.485. The van der Waals surface area contributed by atoms with Crippen molar-refractivity contribution in [2.24, 2.45) is 0 Å². The van der Waals surface area contributed by atoms with Crippen LogP contribution >= 0.6 is 0 Å². The molecule has 0 unspecified atom stereocenters. The first kappa shape index (κ1) is 22.0. The fourth-order valence-electron chi connectivity index (χ4n) is 3.42. The van der Waals surface area contributed by atoms with Crippen molar-refractivity contribution in [2.45, 2.75) is 34.1 Å². The van der Waals surface area contributed by atoms with Gasteiger partial charge in [-0.2, -0.15) is 0 Å². The molecule has 0 bridgehead atoms. The lowest BCUT2D eigenvalue weighted by Gasteiger charge is -2.27. The minimum Gasteiger partial charge on any atom is -0.480 e. The summed E-state index contributed by atoms with van der Waals surface area (Å²) in [4.78, 5) is 2.97.